The first-order valence-corrected chi connectivity index (χ1v) is 25.8. The summed E-state index contributed by atoms with van der Waals surface area (Å²) in [5.41, 5.74) is 0. The first kappa shape index (κ1) is 60.0. The number of allylic oxidation sites excluding steroid dienone is 8. The van der Waals surface area contributed by atoms with Crippen LogP contribution in [0.3, 0.4) is 0 Å². The molecule has 0 aliphatic carbocycles. The van der Waals surface area contributed by atoms with E-state index in [2.05, 4.69) is 81.2 Å². The maximum absolute atomic E-state index is 12.9. The number of rotatable bonds is 45. The molecule has 376 valence electrons. The highest BCUT2D eigenvalue weighted by atomic mass is 16.7. The Bertz CT molecular complexity index is 1110. The molecule has 1 rings (SSSR count). The minimum Gasteiger partial charge on any atom is -0.466 e. The second-order valence-electron chi connectivity index (χ2n) is 16.7. The Kier molecular flexibility index (Phi) is 42.5. The van der Waals surface area contributed by atoms with Crippen LogP contribution in [0.5, 0.6) is 0 Å². The van der Waals surface area contributed by atoms with E-state index >= 15 is 0 Å². The van der Waals surface area contributed by atoms with Gasteiger partial charge in [-0.05, 0) is 135 Å². The second kappa shape index (κ2) is 46.1. The van der Waals surface area contributed by atoms with Crippen molar-refractivity contribution in [2.24, 2.45) is 0 Å². The molecule has 1 saturated heterocycles. The van der Waals surface area contributed by atoms with Crippen molar-refractivity contribution in [2.75, 3.05) is 65.9 Å². The molecule has 0 aromatic carbocycles. The second-order valence-corrected chi connectivity index (χ2v) is 16.7. The third-order valence-electron chi connectivity index (χ3n) is 10.8. The molecule has 1 aliphatic heterocycles. The number of ether oxygens (including phenoxy) is 8. The molecular formula is C53H93NO11. The van der Waals surface area contributed by atoms with Gasteiger partial charge in [-0.1, -0.05) is 76.3 Å². The van der Waals surface area contributed by atoms with E-state index in [0.29, 0.717) is 39.3 Å². The Balaban J connectivity index is 2.69. The number of hydrogen-bond donors (Lipinski definition) is 0. The molecule has 1 heterocycles. The summed E-state index contributed by atoms with van der Waals surface area (Å²) in [6.07, 6.45) is 35.7. The highest BCUT2D eigenvalue weighted by Crippen LogP contribution is 2.15. The van der Waals surface area contributed by atoms with Gasteiger partial charge in [-0.2, -0.15) is 0 Å². The van der Waals surface area contributed by atoms with Crippen molar-refractivity contribution in [3.8, 4) is 0 Å². The number of esters is 2. The van der Waals surface area contributed by atoms with Gasteiger partial charge in [-0.25, -0.2) is 4.79 Å². The van der Waals surface area contributed by atoms with Crippen LogP contribution in [0, 0.1) is 0 Å². The molecule has 0 unspecified atom stereocenters. The summed E-state index contributed by atoms with van der Waals surface area (Å²) in [7, 11) is 0. The molecule has 1 aliphatic rings. The van der Waals surface area contributed by atoms with Gasteiger partial charge in [0.25, 0.3) is 0 Å². The van der Waals surface area contributed by atoms with Gasteiger partial charge in [0.2, 0.25) is 0 Å². The average Bonchev–Trinajstić information content (AvgIpc) is 3.83. The normalized spacial score (nSPS) is 13.6. The van der Waals surface area contributed by atoms with Crippen molar-refractivity contribution < 1.29 is 52.3 Å². The average molecular weight is 920 g/mol. The zero-order valence-corrected chi connectivity index (χ0v) is 41.5. The predicted molar refractivity (Wildman–Crippen MR) is 261 cm³/mol. The summed E-state index contributed by atoms with van der Waals surface area (Å²) in [6, 6.07) is 0. The molecule has 12 nitrogen and oxygen atoms in total. The van der Waals surface area contributed by atoms with E-state index < -0.39 is 24.8 Å². The SMILES string of the molecule is CC/C=C\CCCCOC(CCC(=O)OCCC(CCOC(=O)CCC(OCCCC/C=C\CC)OCCCC/C=C\CC)OC(=O)OCCCN1CCCC1)OCCCC/C=C\CC. The predicted octanol–water partition coefficient (Wildman–Crippen LogP) is 12.7. The number of carbonyl (C=O) groups excluding carboxylic acids is 3. The van der Waals surface area contributed by atoms with E-state index in [1.807, 2.05) is 0 Å². The molecule has 0 aromatic rings. The van der Waals surface area contributed by atoms with E-state index in [4.69, 9.17) is 37.9 Å². The molecular weight excluding hydrogens is 827 g/mol. The third-order valence-corrected chi connectivity index (χ3v) is 10.8. The van der Waals surface area contributed by atoms with Gasteiger partial charge in [-0.3, -0.25) is 9.59 Å². The number of unbranched alkanes of at least 4 members (excludes halogenated alkanes) is 8. The molecule has 0 amide bonds. The van der Waals surface area contributed by atoms with Crippen molar-refractivity contribution in [3.63, 3.8) is 0 Å². The molecule has 0 N–H and O–H groups in total. The van der Waals surface area contributed by atoms with Crippen molar-refractivity contribution in [1.29, 1.82) is 0 Å². The maximum Gasteiger partial charge on any atom is 0.508 e. The molecule has 0 spiro atoms. The molecule has 0 atom stereocenters. The first-order valence-electron chi connectivity index (χ1n) is 25.8. The van der Waals surface area contributed by atoms with Gasteiger partial charge < -0.3 is 42.8 Å². The Morgan fingerprint density at radius 3 is 1.20 bits per heavy atom. The summed E-state index contributed by atoms with van der Waals surface area (Å²) < 4.78 is 46.5. The van der Waals surface area contributed by atoms with E-state index in [-0.39, 0.29) is 57.4 Å². The molecule has 65 heavy (non-hydrogen) atoms. The standard InChI is InChI=1S/C53H93NO11/c1-5-9-13-17-21-27-41-60-51(61-42-28-22-18-14-10-6-2)34-32-49(55)58-46-36-48(65-53(57)64-45-31-40-54-38-25-26-39-54)37-47-59-50(56)33-35-52(62-43-29-23-19-15-11-7-3)63-44-30-24-20-16-12-8-4/h9-16,48,51-52H,5-8,17-47H2,1-4H3/b13-9-,14-10-,15-11-,16-12-. The van der Waals surface area contributed by atoms with Crippen LogP contribution < -0.4 is 0 Å². The third kappa shape index (κ3) is 39.8. The van der Waals surface area contributed by atoms with Crippen LogP contribution in [0.25, 0.3) is 0 Å². The minimum atomic E-state index is -0.783. The Morgan fingerprint density at radius 2 is 0.831 bits per heavy atom. The number of hydrogen-bond acceptors (Lipinski definition) is 12. The van der Waals surface area contributed by atoms with Gasteiger partial charge in [0.05, 0.1) is 32.7 Å². The van der Waals surface area contributed by atoms with E-state index in [0.717, 1.165) is 129 Å². The van der Waals surface area contributed by atoms with E-state index in [9.17, 15) is 14.4 Å². The van der Waals surface area contributed by atoms with Gasteiger partial charge >= 0.3 is 18.1 Å². The van der Waals surface area contributed by atoms with Crippen molar-refractivity contribution in [2.45, 2.75) is 207 Å². The lowest BCUT2D eigenvalue weighted by Gasteiger charge is -2.20. The zero-order chi connectivity index (χ0) is 47.1. The first-order chi connectivity index (χ1) is 31.9. The summed E-state index contributed by atoms with van der Waals surface area (Å²) in [6.45, 7) is 14.1. The monoisotopic (exact) mass is 920 g/mol. The fraction of sp³-hybridized carbons (Fsp3) is 0.792. The molecule has 12 heteroatoms. The smallest absolute Gasteiger partial charge is 0.466 e. The fourth-order valence-electron chi connectivity index (χ4n) is 6.99. The Labute approximate surface area is 395 Å². The van der Waals surface area contributed by atoms with Gasteiger partial charge in [0.1, 0.15) is 6.10 Å². The maximum atomic E-state index is 12.9. The minimum absolute atomic E-state index is 0.0305. The van der Waals surface area contributed by atoms with Gasteiger partial charge in [-0.15, -0.1) is 0 Å². The van der Waals surface area contributed by atoms with Crippen LogP contribution in [0.2, 0.25) is 0 Å². The highest BCUT2D eigenvalue weighted by Gasteiger charge is 2.20. The molecule has 0 bridgehead atoms. The number of nitrogens with zero attached hydrogens (tertiary/aromatic N) is 1. The quantitative estimate of drug-likeness (QED) is 0.0190. The fourth-order valence-corrected chi connectivity index (χ4v) is 6.99. The van der Waals surface area contributed by atoms with Crippen LogP contribution >= 0.6 is 0 Å². The summed E-state index contributed by atoms with van der Waals surface area (Å²) in [4.78, 5) is 40.9. The van der Waals surface area contributed by atoms with Crippen molar-refractivity contribution in [3.05, 3.63) is 48.6 Å². The van der Waals surface area contributed by atoms with E-state index in [1.165, 1.54) is 12.8 Å². The van der Waals surface area contributed by atoms with Crippen LogP contribution in [0.4, 0.5) is 4.79 Å². The highest BCUT2D eigenvalue weighted by molar-refractivity contribution is 5.69. The number of carbonyl (C=O) groups is 3. The molecule has 0 radical (unpaired) electrons. The van der Waals surface area contributed by atoms with Gasteiger partial charge in [0.15, 0.2) is 12.6 Å². The summed E-state index contributed by atoms with van der Waals surface area (Å²) >= 11 is 0. The van der Waals surface area contributed by atoms with Gasteiger partial charge in [0, 0.05) is 58.7 Å². The Hall–Kier alpha value is -3.03. The Morgan fingerprint density at radius 1 is 0.446 bits per heavy atom. The van der Waals surface area contributed by atoms with Crippen LogP contribution in [0.15, 0.2) is 48.6 Å². The van der Waals surface area contributed by atoms with E-state index in [1.54, 1.807) is 0 Å². The van der Waals surface area contributed by atoms with Crippen LogP contribution in [-0.4, -0.2) is 108 Å². The lowest BCUT2D eigenvalue weighted by atomic mass is 10.2. The molecule has 0 saturated carbocycles. The number of likely N-dealkylation sites (tertiary alicyclic amines) is 1. The lowest BCUT2D eigenvalue weighted by molar-refractivity contribution is -0.160. The summed E-state index contributed by atoms with van der Waals surface area (Å²) in [5, 5.41) is 0. The molecule has 1 fully saturated rings. The van der Waals surface area contributed by atoms with Crippen LogP contribution in [0.1, 0.15) is 188 Å². The van der Waals surface area contributed by atoms with Crippen molar-refractivity contribution in [1.82, 2.24) is 4.90 Å². The summed E-state index contributed by atoms with van der Waals surface area (Å²) in [5.74, 6) is -0.765. The largest absolute Gasteiger partial charge is 0.508 e. The van der Waals surface area contributed by atoms with Crippen LogP contribution in [-0.2, 0) is 47.5 Å². The lowest BCUT2D eigenvalue weighted by Crippen LogP contribution is -2.26. The molecule has 0 aromatic heterocycles. The topological polar surface area (TPSA) is 128 Å². The zero-order valence-electron chi connectivity index (χ0n) is 41.5. The van der Waals surface area contributed by atoms with Crippen molar-refractivity contribution >= 4 is 18.1 Å².